The summed E-state index contributed by atoms with van der Waals surface area (Å²) in [5.74, 6) is -0.900. The van der Waals surface area contributed by atoms with Crippen LogP contribution in [0.15, 0.2) is 0 Å². The molecule has 0 bridgehead atoms. The van der Waals surface area contributed by atoms with Crippen LogP contribution >= 0.6 is 0 Å². The van der Waals surface area contributed by atoms with Gasteiger partial charge in [-0.15, -0.1) is 0 Å². The maximum Gasteiger partial charge on any atom is 0.320 e. The molecule has 3 heteroatoms. The molecule has 0 rings (SSSR count). The van der Waals surface area contributed by atoms with E-state index in [0.717, 1.165) is 12.8 Å². The second-order valence-corrected chi connectivity index (χ2v) is 2.09. The topological polar surface area (TPSA) is 63.3 Å². The van der Waals surface area contributed by atoms with Gasteiger partial charge in [-0.05, 0) is 6.42 Å². The van der Waals surface area contributed by atoms with Crippen LogP contribution in [0.1, 0.15) is 40.0 Å². The monoisotopic (exact) mass is 161 g/mol. The third-order valence-electron chi connectivity index (χ3n) is 1.19. The zero-order valence-corrected chi connectivity index (χ0v) is 7.63. The summed E-state index contributed by atoms with van der Waals surface area (Å²) in [7, 11) is 0. The molecule has 0 aromatic rings. The SMILES string of the molecule is CC.CCCCC(N)C(=O)O. The fourth-order valence-corrected chi connectivity index (χ4v) is 0.548. The molecule has 0 saturated carbocycles. The quantitative estimate of drug-likeness (QED) is 0.658. The van der Waals surface area contributed by atoms with Gasteiger partial charge in [-0.25, -0.2) is 0 Å². The van der Waals surface area contributed by atoms with Crippen LogP contribution in [0.3, 0.4) is 0 Å². The highest BCUT2D eigenvalue weighted by atomic mass is 16.4. The van der Waals surface area contributed by atoms with Crippen LogP contribution in [0.4, 0.5) is 0 Å². The van der Waals surface area contributed by atoms with Gasteiger partial charge in [0.2, 0.25) is 0 Å². The first-order valence-electron chi connectivity index (χ1n) is 4.17. The third-order valence-corrected chi connectivity index (χ3v) is 1.19. The van der Waals surface area contributed by atoms with E-state index in [4.69, 9.17) is 10.8 Å². The van der Waals surface area contributed by atoms with E-state index < -0.39 is 12.0 Å². The average Bonchev–Trinajstić information content (AvgIpc) is 2.03. The van der Waals surface area contributed by atoms with Gasteiger partial charge in [-0.1, -0.05) is 33.6 Å². The molecule has 0 aliphatic carbocycles. The molecule has 0 aliphatic rings. The lowest BCUT2D eigenvalue weighted by molar-refractivity contribution is -0.138. The molecule has 1 unspecified atom stereocenters. The summed E-state index contributed by atoms with van der Waals surface area (Å²) in [6.45, 7) is 6.01. The maximum absolute atomic E-state index is 10.1. The first kappa shape index (κ1) is 13.1. The minimum Gasteiger partial charge on any atom is -0.480 e. The van der Waals surface area contributed by atoms with Crippen molar-refractivity contribution < 1.29 is 9.90 Å². The number of carboxylic acid groups (broad SMARTS) is 1. The van der Waals surface area contributed by atoms with Crippen molar-refractivity contribution in [3.8, 4) is 0 Å². The van der Waals surface area contributed by atoms with Gasteiger partial charge < -0.3 is 10.8 Å². The second kappa shape index (κ2) is 9.43. The lowest BCUT2D eigenvalue weighted by atomic mass is 10.1. The number of rotatable bonds is 4. The summed E-state index contributed by atoms with van der Waals surface area (Å²) < 4.78 is 0. The van der Waals surface area contributed by atoms with Crippen molar-refractivity contribution in [2.24, 2.45) is 5.73 Å². The van der Waals surface area contributed by atoms with E-state index in [1.54, 1.807) is 0 Å². The Labute approximate surface area is 68.6 Å². The molecule has 0 aromatic heterocycles. The summed E-state index contributed by atoms with van der Waals surface area (Å²) in [6.07, 6.45) is 2.49. The standard InChI is InChI=1S/C6H13NO2.C2H6/c1-2-3-4-5(7)6(8)9;1-2/h5H,2-4,7H2,1H3,(H,8,9);1-2H3. The normalized spacial score (nSPS) is 11.3. The summed E-state index contributed by atoms with van der Waals surface area (Å²) >= 11 is 0. The van der Waals surface area contributed by atoms with Gasteiger partial charge in [0.15, 0.2) is 0 Å². The van der Waals surface area contributed by atoms with Gasteiger partial charge in [-0.3, -0.25) is 4.79 Å². The van der Waals surface area contributed by atoms with Crippen LogP contribution in [0.2, 0.25) is 0 Å². The van der Waals surface area contributed by atoms with Crippen molar-refractivity contribution in [1.82, 2.24) is 0 Å². The number of unbranched alkanes of at least 4 members (excludes halogenated alkanes) is 1. The predicted molar refractivity (Wildman–Crippen MR) is 46.5 cm³/mol. The molecule has 11 heavy (non-hydrogen) atoms. The molecular formula is C8H19NO2. The van der Waals surface area contributed by atoms with Crippen LogP contribution < -0.4 is 5.73 Å². The van der Waals surface area contributed by atoms with Crippen molar-refractivity contribution >= 4 is 5.97 Å². The molecule has 3 nitrogen and oxygen atoms in total. The Morgan fingerprint density at radius 3 is 2.27 bits per heavy atom. The summed E-state index contributed by atoms with van der Waals surface area (Å²) in [5, 5.41) is 8.28. The molecule has 0 heterocycles. The Morgan fingerprint density at radius 2 is 2.00 bits per heavy atom. The van der Waals surface area contributed by atoms with E-state index in [1.165, 1.54) is 0 Å². The number of aliphatic carboxylic acids is 1. The predicted octanol–water partition coefficient (Wildman–Crippen LogP) is 1.61. The Morgan fingerprint density at radius 1 is 1.55 bits per heavy atom. The van der Waals surface area contributed by atoms with Crippen molar-refractivity contribution in [3.63, 3.8) is 0 Å². The molecular weight excluding hydrogens is 142 g/mol. The first-order chi connectivity index (χ1) is 5.18. The minimum absolute atomic E-state index is 0.589. The molecule has 0 spiro atoms. The van der Waals surface area contributed by atoms with Gasteiger partial charge in [0.1, 0.15) is 6.04 Å². The van der Waals surface area contributed by atoms with Crippen molar-refractivity contribution in [3.05, 3.63) is 0 Å². The molecule has 3 N–H and O–H groups in total. The van der Waals surface area contributed by atoms with E-state index in [9.17, 15) is 4.79 Å². The van der Waals surface area contributed by atoms with Crippen molar-refractivity contribution in [2.75, 3.05) is 0 Å². The summed E-state index contributed by atoms with van der Waals surface area (Å²) in [4.78, 5) is 10.1. The Bertz CT molecular complexity index is 94.1. The van der Waals surface area contributed by atoms with Gasteiger partial charge in [0, 0.05) is 0 Å². The average molecular weight is 161 g/mol. The second-order valence-electron chi connectivity index (χ2n) is 2.09. The smallest absolute Gasteiger partial charge is 0.320 e. The van der Waals surface area contributed by atoms with E-state index in [-0.39, 0.29) is 0 Å². The number of hydrogen-bond donors (Lipinski definition) is 2. The van der Waals surface area contributed by atoms with Crippen molar-refractivity contribution in [2.45, 2.75) is 46.1 Å². The molecule has 0 fully saturated rings. The van der Waals surface area contributed by atoms with Crippen LogP contribution in [-0.4, -0.2) is 17.1 Å². The lowest BCUT2D eigenvalue weighted by Crippen LogP contribution is -2.29. The van der Waals surface area contributed by atoms with Gasteiger partial charge in [0.05, 0.1) is 0 Å². The van der Waals surface area contributed by atoms with Gasteiger partial charge in [-0.2, -0.15) is 0 Å². The van der Waals surface area contributed by atoms with Crippen LogP contribution in [0, 0.1) is 0 Å². The third kappa shape index (κ3) is 9.43. The fraction of sp³-hybridized carbons (Fsp3) is 0.875. The van der Waals surface area contributed by atoms with E-state index in [1.807, 2.05) is 20.8 Å². The highest BCUT2D eigenvalue weighted by Crippen LogP contribution is 1.96. The molecule has 1 atom stereocenters. The van der Waals surface area contributed by atoms with Crippen molar-refractivity contribution in [1.29, 1.82) is 0 Å². The largest absolute Gasteiger partial charge is 0.480 e. The van der Waals surface area contributed by atoms with E-state index >= 15 is 0 Å². The Kier molecular flexibility index (Phi) is 11.2. The first-order valence-corrected chi connectivity index (χ1v) is 4.17. The number of nitrogens with two attached hydrogens (primary N) is 1. The molecule has 0 amide bonds. The summed E-state index contributed by atoms with van der Waals surface area (Å²) in [6, 6.07) is -0.662. The molecule has 0 saturated heterocycles. The zero-order valence-electron chi connectivity index (χ0n) is 7.63. The number of carbonyl (C=O) groups is 1. The van der Waals surface area contributed by atoms with Gasteiger partial charge in [0.25, 0.3) is 0 Å². The Balaban J connectivity index is 0. The lowest BCUT2D eigenvalue weighted by Gasteiger charge is -2.02. The molecule has 68 valence electrons. The number of carboxylic acids is 1. The zero-order chi connectivity index (χ0) is 9.28. The Hall–Kier alpha value is -0.570. The minimum atomic E-state index is -0.900. The highest BCUT2D eigenvalue weighted by molar-refractivity contribution is 5.72. The number of hydrogen-bond acceptors (Lipinski definition) is 2. The molecule has 0 aliphatic heterocycles. The van der Waals surface area contributed by atoms with Crippen LogP contribution in [-0.2, 0) is 4.79 Å². The summed E-state index contributed by atoms with van der Waals surface area (Å²) in [5.41, 5.74) is 5.20. The van der Waals surface area contributed by atoms with E-state index in [2.05, 4.69) is 0 Å². The van der Waals surface area contributed by atoms with Crippen LogP contribution in [0.25, 0.3) is 0 Å². The maximum atomic E-state index is 10.1. The van der Waals surface area contributed by atoms with Crippen LogP contribution in [0.5, 0.6) is 0 Å². The molecule has 0 aromatic carbocycles. The fourth-order valence-electron chi connectivity index (χ4n) is 0.548. The molecule has 0 radical (unpaired) electrons. The van der Waals surface area contributed by atoms with Gasteiger partial charge >= 0.3 is 5.97 Å². The van der Waals surface area contributed by atoms with E-state index in [0.29, 0.717) is 6.42 Å². The highest BCUT2D eigenvalue weighted by Gasteiger charge is 2.08.